The molecule has 0 aliphatic rings. The minimum absolute atomic E-state index is 0.444. The van der Waals surface area contributed by atoms with E-state index in [4.69, 9.17) is 10.5 Å². The number of aromatic nitrogens is 1. The minimum Gasteiger partial charge on any atom is -0.485 e. The topological polar surface area (TPSA) is 48.1 Å². The number of nitrogens with zero attached hydrogens (tertiary/aromatic N) is 1. The molecule has 1 aromatic heterocycles. The zero-order chi connectivity index (χ0) is 15.5. The third-order valence-corrected chi connectivity index (χ3v) is 4.94. The number of benzene rings is 2. The Morgan fingerprint density at radius 1 is 1.09 bits per heavy atom. The van der Waals surface area contributed by atoms with Crippen molar-refractivity contribution in [2.75, 3.05) is 5.73 Å². The Bertz CT molecular complexity index is 787. The first-order valence-corrected chi connectivity index (χ1v) is 8.96. The fourth-order valence-electron chi connectivity index (χ4n) is 1.90. The van der Waals surface area contributed by atoms with Gasteiger partial charge in [0, 0.05) is 21.1 Å². The first-order valence-electron chi connectivity index (χ1n) is 6.50. The number of thiazole rings is 1. The van der Waals surface area contributed by atoms with E-state index in [1.807, 2.05) is 47.8 Å². The van der Waals surface area contributed by atoms with E-state index in [1.165, 1.54) is 0 Å². The van der Waals surface area contributed by atoms with Gasteiger partial charge in [0.15, 0.2) is 0 Å². The largest absolute Gasteiger partial charge is 0.485 e. The predicted molar refractivity (Wildman–Crippen MR) is 98.1 cm³/mol. The maximum absolute atomic E-state index is 5.81. The highest BCUT2D eigenvalue weighted by atomic mass is 79.9. The third kappa shape index (κ3) is 3.69. The van der Waals surface area contributed by atoms with Crippen LogP contribution in [0.2, 0.25) is 0 Å². The molecule has 112 valence electrons. The molecule has 6 heteroatoms. The van der Waals surface area contributed by atoms with Gasteiger partial charge in [-0.05, 0) is 46.3 Å². The van der Waals surface area contributed by atoms with Gasteiger partial charge in [0.2, 0.25) is 0 Å². The van der Waals surface area contributed by atoms with Crippen LogP contribution in [0.15, 0.2) is 56.8 Å². The molecule has 0 saturated carbocycles. The lowest BCUT2D eigenvalue weighted by molar-refractivity contribution is 0.303. The molecule has 3 nitrogen and oxygen atoms in total. The SMILES string of the molecule is Nc1ccc(-c2csc(COc3ccc(Br)cc3Br)n2)cc1. The summed E-state index contributed by atoms with van der Waals surface area (Å²) >= 11 is 8.49. The van der Waals surface area contributed by atoms with Gasteiger partial charge in [0.05, 0.1) is 10.2 Å². The van der Waals surface area contributed by atoms with Crippen LogP contribution < -0.4 is 10.5 Å². The van der Waals surface area contributed by atoms with Gasteiger partial charge in [-0.3, -0.25) is 0 Å². The first-order chi connectivity index (χ1) is 10.6. The zero-order valence-corrected chi connectivity index (χ0v) is 15.4. The van der Waals surface area contributed by atoms with E-state index < -0.39 is 0 Å². The molecule has 3 aromatic rings. The lowest BCUT2D eigenvalue weighted by Gasteiger charge is -2.06. The molecule has 0 bridgehead atoms. The smallest absolute Gasteiger partial charge is 0.140 e. The Hall–Kier alpha value is -1.37. The number of nitrogens with two attached hydrogens (primary N) is 1. The fraction of sp³-hybridized carbons (Fsp3) is 0.0625. The summed E-state index contributed by atoms with van der Waals surface area (Å²) in [6, 6.07) is 13.5. The molecule has 0 unspecified atom stereocenters. The molecule has 2 N–H and O–H groups in total. The van der Waals surface area contributed by atoms with Gasteiger partial charge in [0.1, 0.15) is 17.4 Å². The van der Waals surface area contributed by atoms with E-state index in [0.29, 0.717) is 6.61 Å². The summed E-state index contributed by atoms with van der Waals surface area (Å²) in [7, 11) is 0. The molecule has 0 atom stereocenters. The van der Waals surface area contributed by atoms with Gasteiger partial charge in [-0.15, -0.1) is 11.3 Å². The summed E-state index contributed by atoms with van der Waals surface area (Å²) in [4.78, 5) is 4.60. The van der Waals surface area contributed by atoms with E-state index >= 15 is 0 Å². The van der Waals surface area contributed by atoms with Gasteiger partial charge >= 0.3 is 0 Å². The number of nitrogen functional groups attached to an aromatic ring is 1. The normalized spacial score (nSPS) is 10.6. The minimum atomic E-state index is 0.444. The Labute approximate surface area is 149 Å². The summed E-state index contributed by atoms with van der Waals surface area (Å²) in [5.41, 5.74) is 8.45. The van der Waals surface area contributed by atoms with Crippen LogP contribution in [0.4, 0.5) is 5.69 Å². The number of hydrogen-bond donors (Lipinski definition) is 1. The molecule has 0 amide bonds. The zero-order valence-electron chi connectivity index (χ0n) is 11.4. The lowest BCUT2D eigenvalue weighted by Crippen LogP contribution is -1.95. The second kappa shape index (κ2) is 6.81. The Morgan fingerprint density at radius 2 is 1.86 bits per heavy atom. The summed E-state index contributed by atoms with van der Waals surface area (Å²) in [5, 5.41) is 2.96. The lowest BCUT2D eigenvalue weighted by atomic mass is 10.1. The van der Waals surface area contributed by atoms with E-state index in [2.05, 4.69) is 36.8 Å². The van der Waals surface area contributed by atoms with Gasteiger partial charge < -0.3 is 10.5 Å². The summed E-state index contributed by atoms with van der Waals surface area (Å²) in [5.74, 6) is 0.799. The summed E-state index contributed by atoms with van der Waals surface area (Å²) < 4.78 is 7.73. The molecule has 0 radical (unpaired) electrons. The molecule has 0 saturated heterocycles. The molecule has 2 aromatic carbocycles. The van der Waals surface area contributed by atoms with Gasteiger partial charge in [-0.2, -0.15) is 0 Å². The van der Waals surface area contributed by atoms with Crippen molar-refractivity contribution in [3.8, 4) is 17.0 Å². The van der Waals surface area contributed by atoms with Crippen LogP contribution >= 0.6 is 43.2 Å². The molecule has 0 aliphatic carbocycles. The van der Waals surface area contributed by atoms with Gasteiger partial charge in [-0.25, -0.2) is 4.98 Å². The average molecular weight is 440 g/mol. The van der Waals surface area contributed by atoms with Gasteiger partial charge in [-0.1, -0.05) is 28.1 Å². The molecule has 3 rings (SSSR count). The van der Waals surface area contributed by atoms with E-state index in [1.54, 1.807) is 11.3 Å². The van der Waals surface area contributed by atoms with E-state index in [0.717, 1.165) is 36.6 Å². The molecule has 1 heterocycles. The number of anilines is 1. The highest BCUT2D eigenvalue weighted by Crippen LogP contribution is 2.29. The number of hydrogen-bond acceptors (Lipinski definition) is 4. The second-order valence-corrected chi connectivity index (χ2v) is 7.32. The number of rotatable bonds is 4. The molecule has 0 aliphatic heterocycles. The van der Waals surface area contributed by atoms with Crippen molar-refractivity contribution in [1.82, 2.24) is 4.98 Å². The van der Waals surface area contributed by atoms with E-state index in [9.17, 15) is 0 Å². The maximum atomic E-state index is 5.81. The van der Waals surface area contributed by atoms with Crippen LogP contribution in [-0.2, 0) is 6.61 Å². The second-order valence-electron chi connectivity index (χ2n) is 4.61. The van der Waals surface area contributed by atoms with Crippen molar-refractivity contribution < 1.29 is 4.74 Å². The molecular weight excluding hydrogens is 428 g/mol. The quantitative estimate of drug-likeness (QED) is 0.546. The molecule has 22 heavy (non-hydrogen) atoms. The third-order valence-electron chi connectivity index (χ3n) is 3.00. The number of halogens is 2. The van der Waals surface area contributed by atoms with Crippen molar-refractivity contribution in [2.45, 2.75) is 6.61 Å². The van der Waals surface area contributed by atoms with Crippen molar-refractivity contribution in [3.05, 3.63) is 61.8 Å². The Balaban J connectivity index is 1.70. The van der Waals surface area contributed by atoms with Crippen molar-refractivity contribution in [1.29, 1.82) is 0 Å². The summed E-state index contributed by atoms with van der Waals surface area (Å²) in [6.45, 7) is 0.444. The van der Waals surface area contributed by atoms with E-state index in [-0.39, 0.29) is 0 Å². The summed E-state index contributed by atoms with van der Waals surface area (Å²) in [6.07, 6.45) is 0. The van der Waals surface area contributed by atoms with Crippen LogP contribution in [0.5, 0.6) is 5.75 Å². The average Bonchev–Trinajstić information content (AvgIpc) is 2.96. The Kier molecular flexibility index (Phi) is 4.81. The monoisotopic (exact) mass is 438 g/mol. The van der Waals surface area contributed by atoms with Crippen LogP contribution in [0.3, 0.4) is 0 Å². The highest BCUT2D eigenvalue weighted by molar-refractivity contribution is 9.11. The molecular formula is C16H12Br2N2OS. The standard InChI is InChI=1S/C16H12Br2N2OS/c17-11-3-6-15(13(18)7-11)21-8-16-20-14(9-22-16)10-1-4-12(19)5-2-10/h1-7,9H,8,19H2. The van der Waals surface area contributed by atoms with Crippen molar-refractivity contribution >= 4 is 48.9 Å². The highest BCUT2D eigenvalue weighted by Gasteiger charge is 2.07. The van der Waals surface area contributed by atoms with Crippen molar-refractivity contribution in [3.63, 3.8) is 0 Å². The number of ether oxygens (including phenoxy) is 1. The van der Waals surface area contributed by atoms with Crippen LogP contribution in [0.1, 0.15) is 5.01 Å². The van der Waals surface area contributed by atoms with Crippen LogP contribution in [0.25, 0.3) is 11.3 Å². The van der Waals surface area contributed by atoms with Crippen LogP contribution in [-0.4, -0.2) is 4.98 Å². The maximum Gasteiger partial charge on any atom is 0.140 e. The predicted octanol–water partition coefficient (Wildman–Crippen LogP) is 5.50. The fourth-order valence-corrected chi connectivity index (χ4v) is 3.77. The van der Waals surface area contributed by atoms with Gasteiger partial charge in [0.25, 0.3) is 0 Å². The van der Waals surface area contributed by atoms with Crippen molar-refractivity contribution in [2.24, 2.45) is 0 Å². The van der Waals surface area contributed by atoms with Crippen LogP contribution in [0, 0.1) is 0 Å². The first kappa shape index (κ1) is 15.5. The molecule has 0 fully saturated rings. The Morgan fingerprint density at radius 3 is 2.59 bits per heavy atom. The molecule has 0 spiro atoms.